The van der Waals surface area contributed by atoms with Crippen LogP contribution in [0.1, 0.15) is 11.4 Å². The van der Waals surface area contributed by atoms with Gasteiger partial charge in [0.2, 0.25) is 0 Å². The van der Waals surface area contributed by atoms with Crippen LogP contribution in [0.2, 0.25) is 0 Å². The lowest BCUT2D eigenvalue weighted by Crippen LogP contribution is -2.13. The van der Waals surface area contributed by atoms with Crippen LogP contribution in [0.3, 0.4) is 0 Å². The number of rotatable bonds is 3. The van der Waals surface area contributed by atoms with Crippen molar-refractivity contribution in [3.8, 4) is 0 Å². The predicted octanol–water partition coefficient (Wildman–Crippen LogP) is 3.05. The molecule has 0 bridgehead atoms. The average molecular weight is 316 g/mol. The van der Waals surface area contributed by atoms with Crippen LogP contribution in [-0.2, 0) is 0 Å². The summed E-state index contributed by atoms with van der Waals surface area (Å²) in [5, 5.41) is 16.8. The number of hydrogen-bond acceptors (Lipinski definition) is 5. The second-order valence-electron chi connectivity index (χ2n) is 5.54. The third kappa shape index (κ3) is 2.34. The van der Waals surface area contributed by atoms with E-state index in [2.05, 4.69) is 51.1 Å². The summed E-state index contributed by atoms with van der Waals surface area (Å²) in [5.41, 5.74) is 3.90. The average Bonchev–Trinajstić information content (AvgIpc) is 2.93. The van der Waals surface area contributed by atoms with Gasteiger partial charge in [0, 0.05) is 5.56 Å². The van der Waals surface area contributed by atoms with Gasteiger partial charge in [-0.25, -0.2) is 10.1 Å². The van der Waals surface area contributed by atoms with Gasteiger partial charge >= 0.3 is 0 Å². The highest BCUT2D eigenvalue weighted by molar-refractivity contribution is 6.13. The molecule has 3 N–H and O–H groups in total. The molecule has 3 aromatic carbocycles. The van der Waals surface area contributed by atoms with E-state index in [1.54, 1.807) is 13.1 Å². The Labute approximate surface area is 138 Å². The highest BCUT2D eigenvalue weighted by atomic mass is 15.5. The number of nitrogens with two attached hydrogens (primary N) is 1. The fraction of sp³-hybridized carbons (Fsp3) is 0.0556. The maximum Gasteiger partial charge on any atom is 0.263 e. The van der Waals surface area contributed by atoms with E-state index in [0.29, 0.717) is 11.8 Å². The first-order valence-electron chi connectivity index (χ1n) is 7.61. The molecule has 0 unspecified atom stereocenters. The van der Waals surface area contributed by atoms with Crippen molar-refractivity contribution < 1.29 is 0 Å². The molecule has 0 saturated carbocycles. The van der Waals surface area contributed by atoms with Gasteiger partial charge in [-0.15, -0.1) is 10.2 Å². The Bertz CT molecular complexity index is 1010. The number of hydrogen-bond donors (Lipinski definition) is 2. The van der Waals surface area contributed by atoms with Gasteiger partial charge in [-0.2, -0.15) is 5.10 Å². The number of hydrazone groups is 1. The van der Waals surface area contributed by atoms with Gasteiger partial charge in [0.25, 0.3) is 5.95 Å². The normalized spacial score (nSPS) is 11.5. The summed E-state index contributed by atoms with van der Waals surface area (Å²) in [5.74, 6) is 6.83. The third-order valence-electron chi connectivity index (χ3n) is 4.04. The minimum Gasteiger partial charge on any atom is -0.335 e. The molecule has 4 rings (SSSR count). The van der Waals surface area contributed by atoms with E-state index in [1.807, 2.05) is 24.3 Å². The summed E-state index contributed by atoms with van der Waals surface area (Å²) >= 11 is 0. The van der Waals surface area contributed by atoms with Crippen LogP contribution in [0.4, 0.5) is 5.95 Å². The number of nitrogens with one attached hydrogen (secondary N) is 1. The van der Waals surface area contributed by atoms with E-state index in [0.717, 1.165) is 16.3 Å². The minimum atomic E-state index is 0.397. The molecule has 4 aromatic rings. The van der Waals surface area contributed by atoms with E-state index < -0.39 is 0 Å². The van der Waals surface area contributed by atoms with Crippen molar-refractivity contribution in [2.24, 2.45) is 5.10 Å². The number of aromatic nitrogens is 3. The van der Waals surface area contributed by atoms with Gasteiger partial charge in [0.05, 0.1) is 6.21 Å². The predicted molar refractivity (Wildman–Crippen MR) is 97.6 cm³/mol. The van der Waals surface area contributed by atoms with Crippen LogP contribution in [0.25, 0.3) is 21.5 Å². The lowest BCUT2D eigenvalue weighted by Gasteiger charge is -2.08. The Kier molecular flexibility index (Phi) is 3.35. The van der Waals surface area contributed by atoms with Crippen LogP contribution in [-0.4, -0.2) is 21.1 Å². The Balaban J connectivity index is 1.81. The molecule has 6 nitrogen and oxygen atoms in total. The first-order chi connectivity index (χ1) is 11.7. The minimum absolute atomic E-state index is 0.397. The van der Waals surface area contributed by atoms with E-state index >= 15 is 0 Å². The van der Waals surface area contributed by atoms with Gasteiger partial charge in [-0.05, 0) is 34.5 Å². The molecule has 118 valence electrons. The lowest BCUT2D eigenvalue weighted by molar-refractivity contribution is 0.926. The van der Waals surface area contributed by atoms with Gasteiger partial charge in [-0.1, -0.05) is 48.5 Å². The molecule has 6 heteroatoms. The number of nitrogen functional groups attached to an aromatic ring is 1. The molecule has 0 amide bonds. The van der Waals surface area contributed by atoms with E-state index in [-0.39, 0.29) is 0 Å². The van der Waals surface area contributed by atoms with Gasteiger partial charge in [0.15, 0.2) is 5.82 Å². The Morgan fingerprint density at radius 2 is 1.62 bits per heavy atom. The lowest BCUT2D eigenvalue weighted by atomic mass is 9.97. The first kappa shape index (κ1) is 14.2. The first-order valence-corrected chi connectivity index (χ1v) is 7.61. The topological polar surface area (TPSA) is 81.1 Å². The van der Waals surface area contributed by atoms with Crippen LogP contribution in [0.15, 0.2) is 59.7 Å². The van der Waals surface area contributed by atoms with Crippen LogP contribution in [0, 0.1) is 6.92 Å². The molecule has 0 radical (unpaired) electrons. The standard InChI is InChI=1S/C18H16N6/c1-12-21-23-18(24(12)19)22-20-11-17-15-8-4-2-6-13(15)10-14-7-3-5-9-16(14)17/h2-11H,19H2,1H3,(H,22,23)/b20-11-. The van der Waals surface area contributed by atoms with Gasteiger partial charge in [0.1, 0.15) is 0 Å². The van der Waals surface area contributed by atoms with E-state index in [1.165, 1.54) is 15.4 Å². The summed E-state index contributed by atoms with van der Waals surface area (Å²) in [7, 11) is 0. The molecule has 0 atom stereocenters. The maximum absolute atomic E-state index is 5.82. The summed E-state index contributed by atoms with van der Waals surface area (Å²) in [4.78, 5) is 0. The zero-order chi connectivity index (χ0) is 16.5. The van der Waals surface area contributed by atoms with Crippen molar-refractivity contribution >= 4 is 33.7 Å². The van der Waals surface area contributed by atoms with Gasteiger partial charge < -0.3 is 5.84 Å². The number of benzene rings is 3. The summed E-state index contributed by atoms with van der Waals surface area (Å²) < 4.78 is 1.36. The van der Waals surface area contributed by atoms with Crippen LogP contribution in [0.5, 0.6) is 0 Å². The maximum atomic E-state index is 5.82. The van der Waals surface area contributed by atoms with E-state index in [4.69, 9.17) is 5.84 Å². The molecule has 1 heterocycles. The Hall–Kier alpha value is -3.41. The molecule has 24 heavy (non-hydrogen) atoms. The Morgan fingerprint density at radius 3 is 2.21 bits per heavy atom. The highest BCUT2D eigenvalue weighted by Gasteiger charge is 2.06. The molecule has 0 aliphatic carbocycles. The zero-order valence-corrected chi connectivity index (χ0v) is 13.1. The largest absolute Gasteiger partial charge is 0.335 e. The number of anilines is 1. The fourth-order valence-electron chi connectivity index (χ4n) is 2.79. The number of nitrogens with zero attached hydrogens (tertiary/aromatic N) is 4. The quantitative estimate of drug-likeness (QED) is 0.263. The molecule has 0 fully saturated rings. The second-order valence-corrected chi connectivity index (χ2v) is 5.54. The van der Waals surface area contributed by atoms with Crippen molar-refractivity contribution in [2.75, 3.05) is 11.3 Å². The smallest absolute Gasteiger partial charge is 0.263 e. The molecular weight excluding hydrogens is 300 g/mol. The fourth-order valence-corrected chi connectivity index (χ4v) is 2.79. The SMILES string of the molecule is Cc1nnc(N/N=C\c2c3ccccc3cc3ccccc23)n1N. The molecular formula is C18H16N6. The highest BCUT2D eigenvalue weighted by Crippen LogP contribution is 2.27. The Morgan fingerprint density at radius 1 is 1.00 bits per heavy atom. The summed E-state index contributed by atoms with van der Waals surface area (Å²) in [6.45, 7) is 1.78. The molecule has 1 aromatic heterocycles. The molecule has 0 aliphatic rings. The number of aryl methyl sites for hydroxylation is 1. The molecule has 0 spiro atoms. The van der Waals surface area contributed by atoms with Crippen molar-refractivity contribution in [1.82, 2.24) is 14.9 Å². The van der Waals surface area contributed by atoms with Crippen molar-refractivity contribution in [3.63, 3.8) is 0 Å². The van der Waals surface area contributed by atoms with Crippen LogP contribution < -0.4 is 11.3 Å². The van der Waals surface area contributed by atoms with Gasteiger partial charge in [-0.3, -0.25) is 0 Å². The molecule has 0 aliphatic heterocycles. The summed E-state index contributed by atoms with van der Waals surface area (Å²) in [6, 6.07) is 18.7. The van der Waals surface area contributed by atoms with Crippen molar-refractivity contribution in [2.45, 2.75) is 6.92 Å². The zero-order valence-electron chi connectivity index (χ0n) is 13.1. The molecule has 0 saturated heterocycles. The second kappa shape index (κ2) is 5.66. The third-order valence-corrected chi connectivity index (χ3v) is 4.04. The summed E-state index contributed by atoms with van der Waals surface area (Å²) in [6.07, 6.45) is 1.80. The van der Waals surface area contributed by atoms with Crippen LogP contribution >= 0.6 is 0 Å². The van der Waals surface area contributed by atoms with Crippen molar-refractivity contribution in [1.29, 1.82) is 0 Å². The monoisotopic (exact) mass is 316 g/mol. The van der Waals surface area contributed by atoms with E-state index in [9.17, 15) is 0 Å². The van der Waals surface area contributed by atoms with Crippen molar-refractivity contribution in [3.05, 3.63) is 66.0 Å². The number of fused-ring (bicyclic) bond motifs is 2.